The molecular weight excluding hydrogens is 343 g/mol. The summed E-state index contributed by atoms with van der Waals surface area (Å²) in [6.45, 7) is 0.286. The first-order chi connectivity index (χ1) is 12.1. The Balaban J connectivity index is 1.54. The van der Waals surface area contributed by atoms with E-state index in [-0.39, 0.29) is 12.1 Å². The molecular formula is C17H15FN4O2S. The number of aliphatic hydroxyl groups is 1. The monoisotopic (exact) mass is 358 g/mol. The summed E-state index contributed by atoms with van der Waals surface area (Å²) in [5.74, 6) is -1.26. The van der Waals surface area contributed by atoms with Crippen LogP contribution < -0.4 is 5.32 Å². The molecule has 2 heterocycles. The van der Waals surface area contributed by atoms with Crippen LogP contribution in [-0.4, -0.2) is 32.5 Å². The zero-order chi connectivity index (χ0) is 17.6. The maximum Gasteiger partial charge on any atom is 0.253 e. The van der Waals surface area contributed by atoms with Crippen molar-refractivity contribution in [3.8, 4) is 10.7 Å². The fraction of sp³-hybridized carbons (Fsp3) is 0.176. The number of amides is 1. The van der Waals surface area contributed by atoms with Gasteiger partial charge in [-0.05, 0) is 6.07 Å². The minimum Gasteiger partial charge on any atom is -0.378 e. The molecule has 2 N–H and O–H groups in total. The fourth-order valence-corrected chi connectivity index (χ4v) is 3.01. The third kappa shape index (κ3) is 4.23. The molecule has 0 aliphatic heterocycles. The first-order valence-electron chi connectivity index (χ1n) is 7.56. The van der Waals surface area contributed by atoms with E-state index in [0.717, 1.165) is 10.7 Å². The molecule has 0 spiro atoms. The number of rotatable bonds is 6. The van der Waals surface area contributed by atoms with Gasteiger partial charge in [0.2, 0.25) is 0 Å². The van der Waals surface area contributed by atoms with E-state index in [2.05, 4.69) is 20.3 Å². The van der Waals surface area contributed by atoms with Crippen LogP contribution in [-0.2, 0) is 11.2 Å². The van der Waals surface area contributed by atoms with E-state index in [0.29, 0.717) is 12.1 Å². The number of benzene rings is 1. The molecule has 6 nitrogen and oxygen atoms in total. The number of hydrogen-bond acceptors (Lipinski definition) is 6. The maximum atomic E-state index is 13.6. The molecule has 0 bridgehead atoms. The minimum atomic E-state index is -1.54. The average molecular weight is 358 g/mol. The first kappa shape index (κ1) is 17.1. The van der Waals surface area contributed by atoms with Gasteiger partial charge in [0.15, 0.2) is 6.10 Å². The van der Waals surface area contributed by atoms with Gasteiger partial charge in [-0.1, -0.05) is 18.2 Å². The molecule has 1 aromatic carbocycles. The number of halogens is 1. The normalized spacial score (nSPS) is 11.9. The summed E-state index contributed by atoms with van der Waals surface area (Å²) < 4.78 is 13.6. The molecule has 25 heavy (non-hydrogen) atoms. The lowest BCUT2D eigenvalue weighted by atomic mass is 10.1. The van der Waals surface area contributed by atoms with E-state index in [1.165, 1.54) is 29.5 Å². The summed E-state index contributed by atoms with van der Waals surface area (Å²) in [7, 11) is 0. The molecule has 0 aliphatic rings. The van der Waals surface area contributed by atoms with Crippen molar-refractivity contribution in [3.05, 3.63) is 65.3 Å². The topological polar surface area (TPSA) is 88.0 Å². The first-order valence-corrected chi connectivity index (χ1v) is 8.44. The molecule has 0 aliphatic carbocycles. The van der Waals surface area contributed by atoms with Gasteiger partial charge in [-0.25, -0.2) is 9.37 Å². The highest BCUT2D eigenvalue weighted by molar-refractivity contribution is 7.13. The van der Waals surface area contributed by atoms with Crippen LogP contribution in [0.5, 0.6) is 0 Å². The lowest BCUT2D eigenvalue weighted by molar-refractivity contribution is -0.129. The lowest BCUT2D eigenvalue weighted by Crippen LogP contribution is -2.31. The van der Waals surface area contributed by atoms with Gasteiger partial charge in [-0.3, -0.25) is 14.8 Å². The smallest absolute Gasteiger partial charge is 0.253 e. The standard InChI is InChI=1S/C17H15FN4O2S/c18-13-4-2-1-3-12(13)15(23)16(24)21-6-5-11-10-25-17(22-11)14-9-19-7-8-20-14/h1-4,7-10,15,23H,5-6H2,(H,21,24)/t15-/m0/s1. The van der Waals surface area contributed by atoms with Crippen molar-refractivity contribution in [2.45, 2.75) is 12.5 Å². The second-order valence-corrected chi connectivity index (χ2v) is 6.06. The Morgan fingerprint density at radius 1 is 1.32 bits per heavy atom. The molecule has 0 radical (unpaired) electrons. The molecule has 1 amide bonds. The summed E-state index contributed by atoms with van der Waals surface area (Å²) >= 11 is 1.44. The van der Waals surface area contributed by atoms with E-state index in [4.69, 9.17) is 0 Å². The Hall–Kier alpha value is -2.71. The van der Waals surface area contributed by atoms with Gasteiger partial charge >= 0.3 is 0 Å². The molecule has 3 aromatic rings. The molecule has 0 fully saturated rings. The second-order valence-electron chi connectivity index (χ2n) is 5.20. The molecule has 1 atom stereocenters. The average Bonchev–Trinajstić information content (AvgIpc) is 3.11. The Labute approximate surface area is 147 Å². The summed E-state index contributed by atoms with van der Waals surface area (Å²) in [6, 6.07) is 5.65. The Bertz CT molecular complexity index is 857. The molecule has 8 heteroatoms. The number of aliphatic hydroxyl groups excluding tert-OH is 1. The van der Waals surface area contributed by atoms with E-state index in [1.807, 2.05) is 5.38 Å². The highest BCUT2D eigenvalue weighted by Gasteiger charge is 2.20. The van der Waals surface area contributed by atoms with Gasteiger partial charge < -0.3 is 10.4 Å². The van der Waals surface area contributed by atoms with Gasteiger partial charge in [0.1, 0.15) is 16.5 Å². The van der Waals surface area contributed by atoms with Crippen molar-refractivity contribution in [2.24, 2.45) is 0 Å². The van der Waals surface area contributed by atoms with Crippen LogP contribution in [0.3, 0.4) is 0 Å². The van der Waals surface area contributed by atoms with E-state index in [1.54, 1.807) is 24.7 Å². The maximum absolute atomic E-state index is 13.6. The molecule has 2 aromatic heterocycles. The molecule has 0 unspecified atom stereocenters. The zero-order valence-corrected chi connectivity index (χ0v) is 13.9. The van der Waals surface area contributed by atoms with Crippen molar-refractivity contribution < 1.29 is 14.3 Å². The highest BCUT2D eigenvalue weighted by atomic mass is 32.1. The number of nitrogens with one attached hydrogen (secondary N) is 1. The summed E-state index contributed by atoms with van der Waals surface area (Å²) in [5, 5.41) is 15.2. The van der Waals surface area contributed by atoms with E-state index >= 15 is 0 Å². The number of hydrogen-bond donors (Lipinski definition) is 2. The van der Waals surface area contributed by atoms with Crippen LogP contribution in [0.2, 0.25) is 0 Å². The largest absolute Gasteiger partial charge is 0.378 e. The van der Waals surface area contributed by atoms with Crippen molar-refractivity contribution in [3.63, 3.8) is 0 Å². The number of aromatic nitrogens is 3. The van der Waals surface area contributed by atoms with Crippen LogP contribution in [0.15, 0.2) is 48.2 Å². The highest BCUT2D eigenvalue weighted by Crippen LogP contribution is 2.21. The summed E-state index contributed by atoms with van der Waals surface area (Å²) in [6.07, 6.45) is 3.78. The molecule has 0 saturated carbocycles. The Morgan fingerprint density at radius 3 is 2.92 bits per heavy atom. The second kappa shape index (κ2) is 7.91. The van der Waals surface area contributed by atoms with Crippen LogP contribution in [0.4, 0.5) is 4.39 Å². The fourth-order valence-electron chi connectivity index (χ4n) is 2.20. The van der Waals surface area contributed by atoms with Crippen LogP contribution in [0.25, 0.3) is 10.7 Å². The molecule has 128 valence electrons. The number of carbonyl (C=O) groups is 1. The number of carbonyl (C=O) groups excluding carboxylic acids is 1. The SMILES string of the molecule is O=C(NCCc1csc(-c2cnccn2)n1)[C@@H](O)c1ccccc1F. The molecule has 0 saturated heterocycles. The summed E-state index contributed by atoms with van der Waals surface area (Å²) in [5.41, 5.74) is 1.45. The van der Waals surface area contributed by atoms with E-state index in [9.17, 15) is 14.3 Å². The van der Waals surface area contributed by atoms with Gasteiger partial charge in [-0.15, -0.1) is 11.3 Å². The Kier molecular flexibility index (Phi) is 5.42. The van der Waals surface area contributed by atoms with Crippen molar-refractivity contribution in [1.82, 2.24) is 20.3 Å². The quantitative estimate of drug-likeness (QED) is 0.705. The number of thiazole rings is 1. The van der Waals surface area contributed by atoms with Crippen LogP contribution in [0.1, 0.15) is 17.4 Å². The Morgan fingerprint density at radius 2 is 2.16 bits per heavy atom. The van der Waals surface area contributed by atoms with Crippen LogP contribution >= 0.6 is 11.3 Å². The van der Waals surface area contributed by atoms with Gasteiger partial charge in [0.25, 0.3) is 5.91 Å². The van der Waals surface area contributed by atoms with Crippen molar-refractivity contribution in [2.75, 3.05) is 6.54 Å². The zero-order valence-electron chi connectivity index (χ0n) is 13.1. The van der Waals surface area contributed by atoms with Crippen molar-refractivity contribution in [1.29, 1.82) is 0 Å². The van der Waals surface area contributed by atoms with Gasteiger partial charge in [0, 0.05) is 36.3 Å². The van der Waals surface area contributed by atoms with Crippen molar-refractivity contribution >= 4 is 17.2 Å². The minimum absolute atomic E-state index is 0.0430. The molecule has 3 rings (SSSR count). The predicted octanol–water partition coefficient (Wildman–Crippen LogP) is 2.13. The summed E-state index contributed by atoms with van der Waals surface area (Å²) in [4.78, 5) is 24.6. The van der Waals surface area contributed by atoms with E-state index < -0.39 is 17.8 Å². The van der Waals surface area contributed by atoms with Gasteiger partial charge in [0.05, 0.1) is 11.9 Å². The van der Waals surface area contributed by atoms with Crippen LogP contribution in [0, 0.1) is 5.82 Å². The number of nitrogens with zero attached hydrogens (tertiary/aromatic N) is 3. The lowest BCUT2D eigenvalue weighted by Gasteiger charge is -2.12. The predicted molar refractivity (Wildman–Crippen MR) is 91.2 cm³/mol. The third-order valence-corrected chi connectivity index (χ3v) is 4.38. The van der Waals surface area contributed by atoms with Gasteiger partial charge in [-0.2, -0.15) is 0 Å². The third-order valence-electron chi connectivity index (χ3n) is 3.46.